The van der Waals surface area contributed by atoms with Gasteiger partial charge in [0.15, 0.2) is 0 Å². The van der Waals surface area contributed by atoms with Crippen LogP contribution in [0.3, 0.4) is 0 Å². The van der Waals surface area contributed by atoms with E-state index in [1.165, 1.54) is 0 Å². The lowest BCUT2D eigenvalue weighted by Crippen LogP contribution is -2.47. The molecule has 2 amide bonds. The number of carbonyl (C=O) groups excluding carboxylic acids is 2. The van der Waals surface area contributed by atoms with Crippen LogP contribution in [0.4, 0.5) is 0 Å². The molecule has 0 saturated heterocycles. The average Bonchev–Trinajstić information content (AvgIpc) is 2.60. The molecule has 0 unspecified atom stereocenters. The maximum Gasteiger partial charge on any atom is 0.235 e. The van der Waals surface area contributed by atoms with Crippen LogP contribution in [0.15, 0.2) is 48.5 Å². The lowest BCUT2D eigenvalue weighted by atomic mass is 9.91. The number of amides is 2. The van der Waals surface area contributed by atoms with Crippen LogP contribution in [-0.2, 0) is 22.7 Å². The lowest BCUT2D eigenvalue weighted by molar-refractivity contribution is -0.141. The van der Waals surface area contributed by atoms with Crippen molar-refractivity contribution in [3.05, 3.63) is 70.2 Å². The van der Waals surface area contributed by atoms with Crippen LogP contribution in [-0.4, -0.2) is 11.8 Å². The molecule has 0 bridgehead atoms. The van der Waals surface area contributed by atoms with Gasteiger partial charge in [0.2, 0.25) is 11.8 Å². The molecule has 2 aromatic rings. The van der Waals surface area contributed by atoms with Gasteiger partial charge in [-0.2, -0.15) is 0 Å². The maximum atomic E-state index is 12.4. The zero-order valence-electron chi connectivity index (χ0n) is 14.7. The number of benzene rings is 2. The molecule has 0 spiro atoms. The number of rotatable bonds is 6. The second kappa shape index (κ2) is 8.17. The Balaban J connectivity index is 1.89. The zero-order chi connectivity index (χ0) is 18.4. The largest absolute Gasteiger partial charge is 0.351 e. The smallest absolute Gasteiger partial charge is 0.235 e. The Morgan fingerprint density at radius 1 is 0.840 bits per heavy atom. The molecule has 0 fully saturated rings. The highest BCUT2D eigenvalue weighted by atomic mass is 35.5. The van der Waals surface area contributed by atoms with Crippen molar-refractivity contribution in [2.24, 2.45) is 5.41 Å². The van der Waals surface area contributed by atoms with Gasteiger partial charge in [-0.05, 0) is 44.0 Å². The molecule has 0 aromatic heterocycles. The van der Waals surface area contributed by atoms with Crippen LogP contribution in [0.5, 0.6) is 0 Å². The fourth-order valence-electron chi connectivity index (χ4n) is 2.22. The monoisotopic (exact) mass is 358 g/mol. The van der Waals surface area contributed by atoms with Crippen molar-refractivity contribution in [3.63, 3.8) is 0 Å². The van der Waals surface area contributed by atoms with Crippen LogP contribution in [0.1, 0.15) is 30.5 Å². The highest BCUT2D eigenvalue weighted by Gasteiger charge is 2.35. The minimum atomic E-state index is -1.16. The Hall–Kier alpha value is -2.33. The van der Waals surface area contributed by atoms with E-state index in [0.717, 1.165) is 16.7 Å². The minimum Gasteiger partial charge on any atom is -0.351 e. The first-order valence-corrected chi connectivity index (χ1v) is 8.53. The summed E-state index contributed by atoms with van der Waals surface area (Å²) in [7, 11) is 0. The fourth-order valence-corrected chi connectivity index (χ4v) is 2.34. The van der Waals surface area contributed by atoms with E-state index in [1.807, 2.05) is 43.3 Å². The Bertz CT molecular complexity index is 674. The second-order valence-electron chi connectivity index (χ2n) is 6.60. The SMILES string of the molecule is Cc1ccc(CNC(=O)C(C)(C)C(=O)NCc2ccc(Cl)cc2)cc1. The van der Waals surface area contributed by atoms with Gasteiger partial charge in [0.05, 0.1) is 0 Å². The van der Waals surface area contributed by atoms with E-state index >= 15 is 0 Å². The van der Waals surface area contributed by atoms with Gasteiger partial charge < -0.3 is 10.6 Å². The summed E-state index contributed by atoms with van der Waals surface area (Å²) in [6.07, 6.45) is 0. The van der Waals surface area contributed by atoms with Crippen molar-refractivity contribution in [2.45, 2.75) is 33.9 Å². The van der Waals surface area contributed by atoms with E-state index in [-0.39, 0.29) is 11.8 Å². The molecule has 0 heterocycles. The first-order chi connectivity index (χ1) is 11.8. The second-order valence-corrected chi connectivity index (χ2v) is 7.04. The van der Waals surface area contributed by atoms with Gasteiger partial charge in [-0.1, -0.05) is 53.6 Å². The Morgan fingerprint density at radius 2 is 1.24 bits per heavy atom. The summed E-state index contributed by atoms with van der Waals surface area (Å²) in [5, 5.41) is 6.27. The summed E-state index contributed by atoms with van der Waals surface area (Å²) in [5.41, 5.74) is 1.93. The average molecular weight is 359 g/mol. The highest BCUT2D eigenvalue weighted by Crippen LogP contribution is 2.17. The summed E-state index contributed by atoms with van der Waals surface area (Å²) < 4.78 is 0. The highest BCUT2D eigenvalue weighted by molar-refractivity contribution is 6.30. The third-order valence-electron chi connectivity index (χ3n) is 4.08. The quantitative estimate of drug-likeness (QED) is 0.775. The topological polar surface area (TPSA) is 58.2 Å². The van der Waals surface area contributed by atoms with E-state index in [1.54, 1.807) is 26.0 Å². The lowest BCUT2D eigenvalue weighted by Gasteiger charge is -2.23. The zero-order valence-corrected chi connectivity index (χ0v) is 15.5. The predicted molar refractivity (Wildman–Crippen MR) is 100 cm³/mol. The van der Waals surface area contributed by atoms with Crippen molar-refractivity contribution in [2.75, 3.05) is 0 Å². The summed E-state index contributed by atoms with van der Waals surface area (Å²) in [5.74, 6) is -0.620. The van der Waals surface area contributed by atoms with E-state index in [4.69, 9.17) is 11.6 Å². The standard InChI is InChI=1S/C20H23ClN2O2/c1-14-4-6-15(7-5-14)12-22-18(24)20(2,3)19(25)23-13-16-8-10-17(21)11-9-16/h4-11H,12-13H2,1-3H3,(H,22,24)(H,23,25). The van der Waals surface area contributed by atoms with Gasteiger partial charge in [0.25, 0.3) is 0 Å². The normalized spacial score (nSPS) is 11.0. The molecule has 25 heavy (non-hydrogen) atoms. The third-order valence-corrected chi connectivity index (χ3v) is 4.33. The van der Waals surface area contributed by atoms with Gasteiger partial charge >= 0.3 is 0 Å². The van der Waals surface area contributed by atoms with Crippen LogP contribution >= 0.6 is 11.6 Å². The maximum absolute atomic E-state index is 12.4. The van der Waals surface area contributed by atoms with Gasteiger partial charge in [-0.25, -0.2) is 0 Å². The first-order valence-electron chi connectivity index (χ1n) is 8.15. The van der Waals surface area contributed by atoms with E-state index in [0.29, 0.717) is 18.1 Å². The number of nitrogens with one attached hydrogen (secondary N) is 2. The summed E-state index contributed by atoms with van der Waals surface area (Å²) in [6, 6.07) is 15.1. The van der Waals surface area contributed by atoms with Gasteiger partial charge in [0, 0.05) is 18.1 Å². The minimum absolute atomic E-state index is 0.304. The molecule has 4 nitrogen and oxygen atoms in total. The molecule has 5 heteroatoms. The van der Waals surface area contributed by atoms with Crippen molar-refractivity contribution in [3.8, 4) is 0 Å². The number of carbonyl (C=O) groups is 2. The Labute approximate surface area is 153 Å². The summed E-state index contributed by atoms with van der Waals surface area (Å²) in [4.78, 5) is 24.8. The Morgan fingerprint density at radius 3 is 1.68 bits per heavy atom. The van der Waals surface area contributed by atoms with Crippen molar-refractivity contribution in [1.82, 2.24) is 10.6 Å². The number of hydrogen-bond donors (Lipinski definition) is 2. The van der Waals surface area contributed by atoms with Crippen LogP contribution < -0.4 is 10.6 Å². The van der Waals surface area contributed by atoms with Gasteiger partial charge in [-0.3, -0.25) is 9.59 Å². The molecule has 0 saturated carbocycles. The van der Waals surface area contributed by atoms with E-state index < -0.39 is 5.41 Å². The predicted octanol–water partition coefficient (Wildman–Crippen LogP) is 3.61. The molecule has 0 aliphatic carbocycles. The molecular weight excluding hydrogens is 336 g/mol. The number of hydrogen-bond acceptors (Lipinski definition) is 2. The molecule has 2 N–H and O–H groups in total. The van der Waals surface area contributed by atoms with Crippen molar-refractivity contribution >= 4 is 23.4 Å². The summed E-state index contributed by atoms with van der Waals surface area (Å²) >= 11 is 5.84. The molecular formula is C20H23ClN2O2. The van der Waals surface area contributed by atoms with Crippen LogP contribution in [0.2, 0.25) is 5.02 Å². The van der Waals surface area contributed by atoms with Gasteiger partial charge in [0.1, 0.15) is 5.41 Å². The third kappa shape index (κ3) is 5.33. The van der Waals surface area contributed by atoms with Gasteiger partial charge in [-0.15, -0.1) is 0 Å². The summed E-state index contributed by atoms with van der Waals surface area (Å²) in [6.45, 7) is 6.00. The Kier molecular flexibility index (Phi) is 6.21. The molecule has 0 aliphatic heterocycles. The molecule has 0 atom stereocenters. The van der Waals surface area contributed by atoms with Crippen LogP contribution in [0.25, 0.3) is 0 Å². The van der Waals surface area contributed by atoms with Crippen molar-refractivity contribution in [1.29, 1.82) is 0 Å². The first kappa shape index (κ1) is 19.0. The molecule has 0 aliphatic rings. The van der Waals surface area contributed by atoms with Crippen molar-refractivity contribution < 1.29 is 9.59 Å². The molecule has 0 radical (unpaired) electrons. The molecule has 2 aromatic carbocycles. The molecule has 132 valence electrons. The van der Waals surface area contributed by atoms with E-state index in [9.17, 15) is 9.59 Å². The fraction of sp³-hybridized carbons (Fsp3) is 0.300. The van der Waals surface area contributed by atoms with Crippen LogP contribution in [0, 0.1) is 12.3 Å². The number of aryl methyl sites for hydroxylation is 1. The molecule has 2 rings (SSSR count). The van der Waals surface area contributed by atoms with E-state index in [2.05, 4.69) is 10.6 Å². The number of halogens is 1.